The highest BCUT2D eigenvalue weighted by molar-refractivity contribution is 9.13. The van der Waals surface area contributed by atoms with Crippen LogP contribution in [-0.4, -0.2) is 4.98 Å². The SMILES string of the molecule is Cc1nc(Br)c(Br)cc1Br. The zero-order valence-electron chi connectivity index (χ0n) is 5.16. The summed E-state index contributed by atoms with van der Waals surface area (Å²) in [5, 5.41) is 0. The van der Waals surface area contributed by atoms with Crippen molar-refractivity contribution in [2.24, 2.45) is 0 Å². The summed E-state index contributed by atoms with van der Waals surface area (Å²) in [6.45, 7) is 1.95. The van der Waals surface area contributed by atoms with Gasteiger partial charge in [0.25, 0.3) is 0 Å². The highest BCUT2D eigenvalue weighted by Gasteiger charge is 2.01. The largest absolute Gasteiger partial charge is 0.244 e. The van der Waals surface area contributed by atoms with E-state index < -0.39 is 0 Å². The molecule has 4 heteroatoms. The van der Waals surface area contributed by atoms with Crippen LogP contribution in [0.5, 0.6) is 0 Å². The van der Waals surface area contributed by atoms with Crippen LogP contribution < -0.4 is 0 Å². The van der Waals surface area contributed by atoms with Crippen LogP contribution in [0.15, 0.2) is 19.6 Å². The van der Waals surface area contributed by atoms with E-state index in [0.717, 1.165) is 19.2 Å². The minimum atomic E-state index is 0.841. The molecule has 0 amide bonds. The first kappa shape index (κ1) is 8.68. The van der Waals surface area contributed by atoms with Gasteiger partial charge >= 0.3 is 0 Å². The zero-order chi connectivity index (χ0) is 7.72. The maximum Gasteiger partial charge on any atom is 0.120 e. The first-order valence-electron chi connectivity index (χ1n) is 2.59. The van der Waals surface area contributed by atoms with E-state index in [2.05, 4.69) is 52.8 Å². The monoisotopic (exact) mass is 327 g/mol. The van der Waals surface area contributed by atoms with Gasteiger partial charge in [0.15, 0.2) is 0 Å². The van der Waals surface area contributed by atoms with E-state index in [1.54, 1.807) is 0 Å². The molecule has 0 aliphatic rings. The summed E-state index contributed by atoms with van der Waals surface area (Å²) < 4.78 is 2.82. The summed E-state index contributed by atoms with van der Waals surface area (Å²) in [5.74, 6) is 0. The maximum atomic E-state index is 4.20. The number of hydrogen-bond acceptors (Lipinski definition) is 1. The van der Waals surface area contributed by atoms with Crippen LogP contribution in [-0.2, 0) is 0 Å². The second-order valence-electron chi connectivity index (χ2n) is 1.83. The van der Waals surface area contributed by atoms with Crippen LogP contribution in [0.3, 0.4) is 0 Å². The van der Waals surface area contributed by atoms with Gasteiger partial charge in [0, 0.05) is 4.47 Å². The fraction of sp³-hybridized carbons (Fsp3) is 0.167. The average Bonchev–Trinajstić information content (AvgIpc) is 1.84. The number of aromatic nitrogens is 1. The lowest BCUT2D eigenvalue weighted by atomic mass is 10.4. The van der Waals surface area contributed by atoms with E-state index in [0.29, 0.717) is 0 Å². The van der Waals surface area contributed by atoms with Gasteiger partial charge in [-0.05, 0) is 60.8 Å². The normalized spacial score (nSPS) is 10.0. The van der Waals surface area contributed by atoms with Gasteiger partial charge in [-0.15, -0.1) is 0 Å². The van der Waals surface area contributed by atoms with Gasteiger partial charge in [-0.1, -0.05) is 0 Å². The molecule has 0 aliphatic carbocycles. The predicted octanol–water partition coefficient (Wildman–Crippen LogP) is 3.68. The Hall–Kier alpha value is 0.590. The van der Waals surface area contributed by atoms with Crippen LogP contribution in [0.1, 0.15) is 5.69 Å². The van der Waals surface area contributed by atoms with Crippen LogP contribution >= 0.6 is 47.8 Å². The summed E-state index contributed by atoms with van der Waals surface area (Å²) in [5.41, 5.74) is 0.982. The van der Waals surface area contributed by atoms with E-state index in [4.69, 9.17) is 0 Å². The molecule has 0 unspecified atom stereocenters. The second-order valence-corrected chi connectivity index (χ2v) is 4.29. The van der Waals surface area contributed by atoms with E-state index in [1.165, 1.54) is 0 Å². The highest BCUT2D eigenvalue weighted by atomic mass is 79.9. The van der Waals surface area contributed by atoms with Crippen molar-refractivity contribution in [3.05, 3.63) is 25.3 Å². The molecule has 1 aromatic rings. The molecule has 10 heavy (non-hydrogen) atoms. The topological polar surface area (TPSA) is 12.9 Å². The number of nitrogens with zero attached hydrogens (tertiary/aromatic N) is 1. The van der Waals surface area contributed by atoms with Gasteiger partial charge in [-0.3, -0.25) is 0 Å². The molecule has 1 heterocycles. The first-order valence-corrected chi connectivity index (χ1v) is 4.97. The third-order valence-electron chi connectivity index (χ3n) is 1.06. The Morgan fingerprint density at radius 2 is 1.80 bits per heavy atom. The lowest BCUT2D eigenvalue weighted by Gasteiger charge is -1.99. The van der Waals surface area contributed by atoms with Crippen molar-refractivity contribution >= 4 is 47.8 Å². The third-order valence-corrected chi connectivity index (χ3v) is 3.61. The Labute approximate surface area is 84.6 Å². The molecule has 0 spiro atoms. The Balaban J connectivity index is 3.28. The summed E-state index contributed by atoms with van der Waals surface area (Å²) in [7, 11) is 0. The van der Waals surface area contributed by atoms with Crippen molar-refractivity contribution in [3.8, 4) is 0 Å². The van der Waals surface area contributed by atoms with Crippen LogP contribution in [0, 0.1) is 6.92 Å². The van der Waals surface area contributed by atoms with Gasteiger partial charge in [0.05, 0.1) is 10.2 Å². The van der Waals surface area contributed by atoms with Gasteiger partial charge in [0.1, 0.15) is 4.60 Å². The Kier molecular flexibility index (Phi) is 2.89. The van der Waals surface area contributed by atoms with Gasteiger partial charge in [-0.25, -0.2) is 4.98 Å². The molecule has 0 saturated carbocycles. The summed E-state index contributed by atoms with van der Waals surface area (Å²) >= 11 is 10.0. The average molecular weight is 330 g/mol. The molecule has 0 aromatic carbocycles. The van der Waals surface area contributed by atoms with E-state index in [-0.39, 0.29) is 0 Å². The molecule has 0 atom stereocenters. The van der Waals surface area contributed by atoms with Crippen LogP contribution in [0.25, 0.3) is 0 Å². The number of pyridine rings is 1. The highest BCUT2D eigenvalue weighted by Crippen LogP contribution is 2.25. The predicted molar refractivity (Wildman–Crippen MR) is 52.1 cm³/mol. The Morgan fingerprint density at radius 3 is 2.30 bits per heavy atom. The molecular formula is C6H4Br3N. The number of hydrogen-bond donors (Lipinski definition) is 0. The second kappa shape index (κ2) is 3.32. The summed E-state index contributed by atoms with van der Waals surface area (Å²) in [6, 6.07) is 1.96. The van der Waals surface area contributed by atoms with Crippen LogP contribution in [0.2, 0.25) is 0 Å². The third kappa shape index (κ3) is 1.80. The molecule has 0 N–H and O–H groups in total. The van der Waals surface area contributed by atoms with Crippen molar-refractivity contribution in [1.82, 2.24) is 4.98 Å². The fourth-order valence-electron chi connectivity index (χ4n) is 0.529. The summed E-state index contributed by atoms with van der Waals surface area (Å²) in [6.07, 6.45) is 0. The standard InChI is InChI=1S/C6H4Br3N/c1-3-4(7)2-5(8)6(9)10-3/h2H,1H3. The fourth-order valence-corrected chi connectivity index (χ4v) is 1.85. The van der Waals surface area contributed by atoms with Gasteiger partial charge < -0.3 is 0 Å². The molecule has 0 aliphatic heterocycles. The smallest absolute Gasteiger partial charge is 0.120 e. The van der Waals surface area contributed by atoms with E-state index in [9.17, 15) is 0 Å². The van der Waals surface area contributed by atoms with Crippen molar-refractivity contribution < 1.29 is 0 Å². The lowest BCUT2D eigenvalue weighted by Crippen LogP contribution is -1.84. The zero-order valence-corrected chi connectivity index (χ0v) is 9.92. The first-order chi connectivity index (χ1) is 4.61. The summed E-state index contributed by atoms with van der Waals surface area (Å²) in [4.78, 5) is 4.20. The van der Waals surface area contributed by atoms with Crippen molar-refractivity contribution in [2.45, 2.75) is 6.92 Å². The van der Waals surface area contributed by atoms with Crippen molar-refractivity contribution in [3.63, 3.8) is 0 Å². The Bertz CT molecular complexity index is 209. The minimum Gasteiger partial charge on any atom is -0.244 e. The van der Waals surface area contributed by atoms with E-state index in [1.807, 2.05) is 13.0 Å². The molecule has 1 nitrogen and oxygen atoms in total. The molecule has 0 fully saturated rings. The van der Waals surface area contributed by atoms with Crippen LogP contribution in [0.4, 0.5) is 0 Å². The molecular weight excluding hydrogens is 326 g/mol. The number of aryl methyl sites for hydroxylation is 1. The van der Waals surface area contributed by atoms with Crippen molar-refractivity contribution in [1.29, 1.82) is 0 Å². The molecule has 1 aromatic heterocycles. The number of halogens is 3. The molecule has 1 rings (SSSR count). The van der Waals surface area contributed by atoms with E-state index >= 15 is 0 Å². The molecule has 0 saturated heterocycles. The maximum absolute atomic E-state index is 4.20. The molecule has 0 bridgehead atoms. The van der Waals surface area contributed by atoms with Crippen molar-refractivity contribution in [2.75, 3.05) is 0 Å². The quantitative estimate of drug-likeness (QED) is 0.662. The molecule has 54 valence electrons. The van der Waals surface area contributed by atoms with Gasteiger partial charge in [0.2, 0.25) is 0 Å². The molecule has 0 radical (unpaired) electrons. The lowest BCUT2D eigenvalue weighted by molar-refractivity contribution is 1.14. The van der Waals surface area contributed by atoms with Gasteiger partial charge in [-0.2, -0.15) is 0 Å². The number of rotatable bonds is 0. The Morgan fingerprint density at radius 1 is 1.20 bits per heavy atom. The minimum absolute atomic E-state index is 0.841.